The van der Waals surface area contributed by atoms with E-state index in [0.29, 0.717) is 11.2 Å². The number of hydrogen-bond acceptors (Lipinski definition) is 6. The molecule has 3 N–H and O–H groups in total. The van der Waals surface area contributed by atoms with E-state index >= 15 is 0 Å². The van der Waals surface area contributed by atoms with Crippen LogP contribution in [0, 0.1) is 0 Å². The predicted molar refractivity (Wildman–Crippen MR) is 81.9 cm³/mol. The Kier molecular flexibility index (Phi) is 4.84. The minimum Gasteiger partial charge on any atom is -0.368 e. The topological polar surface area (TPSA) is 78.5 Å². The number of fused-ring (bicyclic) bond motifs is 1. The molecular formula is C12H20N6S. The zero-order valence-electron chi connectivity index (χ0n) is 11.5. The molecule has 0 fully saturated rings. The van der Waals surface area contributed by atoms with Crippen LogP contribution in [0.3, 0.4) is 0 Å². The fraction of sp³-hybridized carbons (Fsp3) is 0.583. The molecule has 19 heavy (non-hydrogen) atoms. The summed E-state index contributed by atoms with van der Waals surface area (Å²) in [6.45, 7) is 6.02. The van der Waals surface area contributed by atoms with E-state index < -0.39 is 0 Å². The summed E-state index contributed by atoms with van der Waals surface area (Å²) in [7, 11) is 0. The van der Waals surface area contributed by atoms with Crippen molar-refractivity contribution < 1.29 is 0 Å². The number of rotatable bonds is 7. The summed E-state index contributed by atoms with van der Waals surface area (Å²) in [5.41, 5.74) is 0.757. The summed E-state index contributed by atoms with van der Waals surface area (Å²) in [5.74, 6) is 1.47. The SMILES string of the molecule is CCCNc1nc(NCC(C)SC)c2cn[nH]c2n1. The van der Waals surface area contributed by atoms with Gasteiger partial charge in [0.1, 0.15) is 5.82 Å². The first-order chi connectivity index (χ1) is 9.24. The molecule has 2 heterocycles. The molecule has 0 amide bonds. The van der Waals surface area contributed by atoms with Crippen LogP contribution in [0.25, 0.3) is 11.0 Å². The molecule has 2 aromatic rings. The number of nitrogens with one attached hydrogen (secondary N) is 3. The van der Waals surface area contributed by atoms with Crippen molar-refractivity contribution >= 4 is 34.6 Å². The van der Waals surface area contributed by atoms with Gasteiger partial charge in [0.15, 0.2) is 5.65 Å². The van der Waals surface area contributed by atoms with E-state index in [1.807, 2.05) is 11.8 Å². The Morgan fingerprint density at radius 2 is 2.21 bits per heavy atom. The van der Waals surface area contributed by atoms with Gasteiger partial charge in [-0.3, -0.25) is 5.10 Å². The highest BCUT2D eigenvalue weighted by atomic mass is 32.2. The second-order valence-electron chi connectivity index (χ2n) is 4.38. The predicted octanol–water partition coefficient (Wildman–Crippen LogP) is 2.34. The highest BCUT2D eigenvalue weighted by Gasteiger charge is 2.10. The van der Waals surface area contributed by atoms with Gasteiger partial charge in [-0.25, -0.2) is 0 Å². The first-order valence-electron chi connectivity index (χ1n) is 6.46. The van der Waals surface area contributed by atoms with Crippen molar-refractivity contribution in [3.63, 3.8) is 0 Å². The van der Waals surface area contributed by atoms with E-state index in [0.717, 1.165) is 36.4 Å². The van der Waals surface area contributed by atoms with Gasteiger partial charge in [-0.2, -0.15) is 26.8 Å². The van der Waals surface area contributed by atoms with Crippen molar-refractivity contribution in [3.8, 4) is 0 Å². The van der Waals surface area contributed by atoms with Crippen molar-refractivity contribution in [2.75, 3.05) is 30.0 Å². The molecule has 0 aliphatic heterocycles. The first kappa shape index (κ1) is 13.9. The van der Waals surface area contributed by atoms with Crippen molar-refractivity contribution in [2.45, 2.75) is 25.5 Å². The third-order valence-electron chi connectivity index (χ3n) is 2.80. The average molecular weight is 280 g/mol. The standard InChI is InChI=1S/C12H20N6S/c1-4-5-13-12-16-10(14-6-8(2)19-3)9-7-15-18-11(9)17-12/h7-8H,4-6H2,1-3H3,(H3,13,14,15,16,17,18). The average Bonchev–Trinajstić information content (AvgIpc) is 2.90. The molecule has 1 atom stereocenters. The first-order valence-corrected chi connectivity index (χ1v) is 7.75. The normalized spacial score (nSPS) is 12.6. The number of thioether (sulfide) groups is 1. The van der Waals surface area contributed by atoms with E-state index in [1.165, 1.54) is 0 Å². The molecule has 2 aromatic heterocycles. The Hall–Kier alpha value is -1.50. The third-order valence-corrected chi connectivity index (χ3v) is 3.77. The van der Waals surface area contributed by atoms with Crippen LogP contribution >= 0.6 is 11.8 Å². The quantitative estimate of drug-likeness (QED) is 0.722. The van der Waals surface area contributed by atoms with Crippen LogP contribution in [0.5, 0.6) is 0 Å². The number of hydrogen-bond donors (Lipinski definition) is 3. The lowest BCUT2D eigenvalue weighted by atomic mass is 10.3. The largest absolute Gasteiger partial charge is 0.368 e. The second kappa shape index (κ2) is 6.60. The van der Waals surface area contributed by atoms with Gasteiger partial charge in [-0.05, 0) is 12.7 Å². The monoisotopic (exact) mass is 280 g/mol. The van der Waals surface area contributed by atoms with Gasteiger partial charge in [0.05, 0.1) is 11.6 Å². The lowest BCUT2D eigenvalue weighted by Gasteiger charge is -2.12. The zero-order valence-corrected chi connectivity index (χ0v) is 12.3. The maximum absolute atomic E-state index is 4.51. The van der Waals surface area contributed by atoms with Crippen molar-refractivity contribution in [3.05, 3.63) is 6.20 Å². The molecule has 2 rings (SSSR count). The van der Waals surface area contributed by atoms with Crippen molar-refractivity contribution in [1.29, 1.82) is 0 Å². The molecule has 0 spiro atoms. The van der Waals surface area contributed by atoms with Crippen LogP contribution in [0.4, 0.5) is 11.8 Å². The summed E-state index contributed by atoms with van der Waals surface area (Å²) < 4.78 is 0. The van der Waals surface area contributed by atoms with Gasteiger partial charge in [0.2, 0.25) is 5.95 Å². The van der Waals surface area contributed by atoms with E-state index in [1.54, 1.807) is 6.20 Å². The van der Waals surface area contributed by atoms with Crippen LogP contribution in [0.15, 0.2) is 6.20 Å². The highest BCUT2D eigenvalue weighted by molar-refractivity contribution is 7.99. The van der Waals surface area contributed by atoms with Crippen LogP contribution in [0.1, 0.15) is 20.3 Å². The molecule has 0 aliphatic carbocycles. The fourth-order valence-corrected chi connectivity index (χ4v) is 1.86. The molecule has 0 radical (unpaired) electrons. The second-order valence-corrected chi connectivity index (χ2v) is 5.66. The van der Waals surface area contributed by atoms with Crippen molar-refractivity contribution in [2.24, 2.45) is 0 Å². The van der Waals surface area contributed by atoms with E-state index in [4.69, 9.17) is 0 Å². The number of nitrogens with zero attached hydrogens (tertiary/aromatic N) is 3. The Bertz CT molecular complexity index is 526. The summed E-state index contributed by atoms with van der Waals surface area (Å²) in [5, 5.41) is 15.0. The van der Waals surface area contributed by atoms with Crippen LogP contribution in [-0.2, 0) is 0 Å². The Balaban J connectivity index is 2.21. The van der Waals surface area contributed by atoms with Gasteiger partial charge in [0, 0.05) is 18.3 Å². The summed E-state index contributed by atoms with van der Waals surface area (Å²) in [4.78, 5) is 8.91. The molecule has 0 bridgehead atoms. The lowest BCUT2D eigenvalue weighted by molar-refractivity contribution is 0.949. The molecule has 7 heteroatoms. The molecule has 0 aromatic carbocycles. The summed E-state index contributed by atoms with van der Waals surface area (Å²) in [6, 6.07) is 0. The zero-order chi connectivity index (χ0) is 13.7. The van der Waals surface area contributed by atoms with Gasteiger partial charge >= 0.3 is 0 Å². The van der Waals surface area contributed by atoms with E-state index in [9.17, 15) is 0 Å². The maximum atomic E-state index is 4.51. The number of aromatic amines is 1. The van der Waals surface area contributed by atoms with Crippen molar-refractivity contribution in [1.82, 2.24) is 20.2 Å². The van der Waals surface area contributed by atoms with Gasteiger partial charge in [0.25, 0.3) is 0 Å². The van der Waals surface area contributed by atoms with Gasteiger partial charge in [-0.1, -0.05) is 13.8 Å². The molecule has 104 valence electrons. The summed E-state index contributed by atoms with van der Waals surface area (Å²) in [6.07, 6.45) is 4.90. The smallest absolute Gasteiger partial charge is 0.226 e. The maximum Gasteiger partial charge on any atom is 0.226 e. The number of aromatic nitrogens is 4. The third kappa shape index (κ3) is 3.50. The Labute approximate surface area is 117 Å². The molecule has 0 aliphatic rings. The minimum absolute atomic E-state index is 0.531. The van der Waals surface area contributed by atoms with Gasteiger partial charge in [-0.15, -0.1) is 0 Å². The lowest BCUT2D eigenvalue weighted by Crippen LogP contribution is -2.15. The molecule has 6 nitrogen and oxygen atoms in total. The van der Waals surface area contributed by atoms with Crippen LogP contribution < -0.4 is 10.6 Å². The Morgan fingerprint density at radius 3 is 2.95 bits per heavy atom. The summed E-state index contributed by atoms with van der Waals surface area (Å²) >= 11 is 1.82. The van der Waals surface area contributed by atoms with E-state index in [-0.39, 0.29) is 0 Å². The molecule has 0 saturated heterocycles. The van der Waals surface area contributed by atoms with Crippen LogP contribution in [-0.4, -0.2) is 44.8 Å². The molecule has 1 unspecified atom stereocenters. The minimum atomic E-state index is 0.531. The highest BCUT2D eigenvalue weighted by Crippen LogP contribution is 2.20. The molecular weight excluding hydrogens is 260 g/mol. The van der Waals surface area contributed by atoms with Gasteiger partial charge < -0.3 is 10.6 Å². The van der Waals surface area contributed by atoms with Crippen LogP contribution in [0.2, 0.25) is 0 Å². The number of H-pyrrole nitrogens is 1. The number of anilines is 2. The fourth-order valence-electron chi connectivity index (χ4n) is 1.61. The Morgan fingerprint density at radius 1 is 1.37 bits per heavy atom. The van der Waals surface area contributed by atoms with E-state index in [2.05, 4.69) is 50.9 Å². The molecule has 0 saturated carbocycles.